The highest BCUT2D eigenvalue weighted by Gasteiger charge is 2.09. The molecular weight excluding hydrogens is 322 g/mol. The Kier molecular flexibility index (Phi) is 4.62. The van der Waals surface area contributed by atoms with E-state index in [0.717, 1.165) is 27.6 Å². The summed E-state index contributed by atoms with van der Waals surface area (Å²) in [6.07, 6.45) is -0.0513. The molecule has 24 heavy (non-hydrogen) atoms. The van der Waals surface area contributed by atoms with E-state index in [0.29, 0.717) is 5.69 Å². The number of hydrogen-bond donors (Lipinski definition) is 1. The summed E-state index contributed by atoms with van der Waals surface area (Å²) in [4.78, 5) is 15.1. The number of carbonyl (C=O) groups is 1. The van der Waals surface area contributed by atoms with Crippen molar-refractivity contribution < 1.29 is 14.6 Å². The standard InChI is InChI=1S/C19H17NO3S/c1-12-4-3-5-17(13(12)2)23-16-8-6-14(7-9-16)19-20-15(11-24-19)10-18(21)22/h3-9,11H,10H2,1-2H3,(H,21,22). The van der Waals surface area contributed by atoms with Crippen LogP contribution in [0.4, 0.5) is 0 Å². The van der Waals surface area contributed by atoms with Gasteiger partial charge in [0.2, 0.25) is 0 Å². The second-order valence-electron chi connectivity index (χ2n) is 5.54. The minimum Gasteiger partial charge on any atom is -0.481 e. The summed E-state index contributed by atoms with van der Waals surface area (Å²) < 4.78 is 5.94. The lowest BCUT2D eigenvalue weighted by atomic mass is 10.1. The fourth-order valence-corrected chi connectivity index (χ4v) is 3.13. The van der Waals surface area contributed by atoms with Crippen LogP contribution in [0.15, 0.2) is 47.8 Å². The molecule has 5 heteroatoms. The van der Waals surface area contributed by atoms with E-state index in [1.165, 1.54) is 16.9 Å². The molecule has 3 rings (SSSR count). The van der Waals surface area contributed by atoms with Gasteiger partial charge in [0.05, 0.1) is 12.1 Å². The largest absolute Gasteiger partial charge is 0.481 e. The average Bonchev–Trinajstić information content (AvgIpc) is 3.00. The molecule has 2 aromatic carbocycles. The Morgan fingerprint density at radius 2 is 1.92 bits per heavy atom. The van der Waals surface area contributed by atoms with Crippen LogP contribution in [0.25, 0.3) is 10.6 Å². The minimum atomic E-state index is -0.871. The molecule has 0 unspecified atom stereocenters. The summed E-state index contributed by atoms with van der Waals surface area (Å²) in [7, 11) is 0. The first-order chi connectivity index (χ1) is 11.5. The quantitative estimate of drug-likeness (QED) is 0.722. The van der Waals surface area contributed by atoms with Crippen LogP contribution in [0.1, 0.15) is 16.8 Å². The van der Waals surface area contributed by atoms with Crippen LogP contribution in [0.2, 0.25) is 0 Å². The van der Waals surface area contributed by atoms with Gasteiger partial charge in [-0.2, -0.15) is 0 Å². The molecule has 0 bridgehead atoms. The molecule has 0 amide bonds. The Labute approximate surface area is 144 Å². The van der Waals surface area contributed by atoms with Crippen LogP contribution in [0.5, 0.6) is 11.5 Å². The van der Waals surface area contributed by atoms with Crippen molar-refractivity contribution in [3.63, 3.8) is 0 Å². The lowest BCUT2D eigenvalue weighted by Gasteiger charge is -2.10. The van der Waals surface area contributed by atoms with Crippen molar-refractivity contribution in [3.8, 4) is 22.1 Å². The highest BCUT2D eigenvalue weighted by molar-refractivity contribution is 7.13. The maximum Gasteiger partial charge on any atom is 0.309 e. The van der Waals surface area contributed by atoms with Gasteiger partial charge < -0.3 is 9.84 Å². The van der Waals surface area contributed by atoms with E-state index >= 15 is 0 Å². The third-order valence-electron chi connectivity index (χ3n) is 3.77. The van der Waals surface area contributed by atoms with Gasteiger partial charge in [-0.1, -0.05) is 12.1 Å². The Morgan fingerprint density at radius 3 is 2.62 bits per heavy atom. The Morgan fingerprint density at radius 1 is 1.17 bits per heavy atom. The molecule has 122 valence electrons. The lowest BCUT2D eigenvalue weighted by molar-refractivity contribution is -0.136. The molecule has 1 heterocycles. The normalized spacial score (nSPS) is 10.6. The summed E-state index contributed by atoms with van der Waals surface area (Å²) >= 11 is 1.44. The number of thiazole rings is 1. The second-order valence-corrected chi connectivity index (χ2v) is 6.40. The van der Waals surface area contributed by atoms with Crippen molar-refractivity contribution in [3.05, 3.63) is 64.7 Å². The molecule has 0 spiro atoms. The summed E-state index contributed by atoms with van der Waals surface area (Å²) in [5.41, 5.74) is 3.85. The van der Waals surface area contributed by atoms with E-state index in [2.05, 4.69) is 18.0 Å². The van der Waals surface area contributed by atoms with Crippen molar-refractivity contribution in [1.29, 1.82) is 0 Å². The van der Waals surface area contributed by atoms with Crippen LogP contribution < -0.4 is 4.74 Å². The van der Waals surface area contributed by atoms with Crippen LogP contribution in [0.3, 0.4) is 0 Å². The van der Waals surface area contributed by atoms with Crippen molar-refractivity contribution in [2.75, 3.05) is 0 Å². The number of rotatable bonds is 5. The number of aryl methyl sites for hydroxylation is 1. The van der Waals surface area contributed by atoms with E-state index in [1.54, 1.807) is 5.38 Å². The number of nitrogens with zero attached hydrogens (tertiary/aromatic N) is 1. The number of hydrogen-bond acceptors (Lipinski definition) is 4. The fraction of sp³-hybridized carbons (Fsp3) is 0.158. The Balaban J connectivity index is 1.77. The average molecular weight is 339 g/mol. The molecule has 0 saturated carbocycles. The third kappa shape index (κ3) is 3.63. The smallest absolute Gasteiger partial charge is 0.309 e. The van der Waals surface area contributed by atoms with Crippen LogP contribution in [-0.2, 0) is 11.2 Å². The third-order valence-corrected chi connectivity index (χ3v) is 4.71. The number of benzene rings is 2. The molecule has 0 fully saturated rings. The van der Waals surface area contributed by atoms with Gasteiger partial charge in [-0.15, -0.1) is 11.3 Å². The number of carboxylic acids is 1. The van der Waals surface area contributed by atoms with Crippen molar-refractivity contribution in [1.82, 2.24) is 4.98 Å². The van der Waals surface area contributed by atoms with E-state index in [9.17, 15) is 4.79 Å². The van der Waals surface area contributed by atoms with Gasteiger partial charge in [0.1, 0.15) is 16.5 Å². The van der Waals surface area contributed by atoms with Crippen molar-refractivity contribution >= 4 is 17.3 Å². The van der Waals surface area contributed by atoms with Crippen LogP contribution >= 0.6 is 11.3 Å². The summed E-state index contributed by atoms with van der Waals surface area (Å²) in [6, 6.07) is 13.7. The van der Waals surface area contributed by atoms with Gasteiger partial charge in [0.25, 0.3) is 0 Å². The van der Waals surface area contributed by atoms with Gasteiger partial charge in [0, 0.05) is 10.9 Å². The maximum atomic E-state index is 10.7. The molecule has 0 aliphatic carbocycles. The molecule has 1 aromatic heterocycles. The highest BCUT2D eigenvalue weighted by atomic mass is 32.1. The van der Waals surface area contributed by atoms with Crippen molar-refractivity contribution in [2.45, 2.75) is 20.3 Å². The fourth-order valence-electron chi connectivity index (χ4n) is 2.30. The zero-order valence-electron chi connectivity index (χ0n) is 13.4. The van der Waals surface area contributed by atoms with E-state index in [1.807, 2.05) is 43.3 Å². The first-order valence-electron chi connectivity index (χ1n) is 7.53. The van der Waals surface area contributed by atoms with E-state index in [4.69, 9.17) is 9.84 Å². The predicted octanol–water partition coefficient (Wildman–Crippen LogP) is 4.85. The number of aromatic nitrogens is 1. The van der Waals surface area contributed by atoms with Crippen LogP contribution in [0, 0.1) is 13.8 Å². The molecule has 0 saturated heterocycles. The highest BCUT2D eigenvalue weighted by Crippen LogP contribution is 2.30. The van der Waals surface area contributed by atoms with Gasteiger partial charge in [-0.3, -0.25) is 4.79 Å². The molecule has 3 aromatic rings. The van der Waals surface area contributed by atoms with Gasteiger partial charge in [0.15, 0.2) is 0 Å². The SMILES string of the molecule is Cc1cccc(Oc2ccc(-c3nc(CC(=O)O)cs3)cc2)c1C. The monoisotopic (exact) mass is 339 g/mol. The van der Waals surface area contributed by atoms with Crippen molar-refractivity contribution in [2.24, 2.45) is 0 Å². The predicted molar refractivity (Wildman–Crippen MR) is 94.9 cm³/mol. The molecule has 1 N–H and O–H groups in total. The number of carboxylic acid groups (broad SMARTS) is 1. The minimum absolute atomic E-state index is 0.0513. The lowest BCUT2D eigenvalue weighted by Crippen LogP contribution is -1.99. The molecular formula is C19H17NO3S. The Bertz CT molecular complexity index is 869. The second kappa shape index (κ2) is 6.84. The van der Waals surface area contributed by atoms with Gasteiger partial charge in [-0.25, -0.2) is 4.98 Å². The zero-order valence-corrected chi connectivity index (χ0v) is 14.3. The zero-order chi connectivity index (χ0) is 17.1. The molecule has 0 radical (unpaired) electrons. The van der Waals surface area contributed by atoms with Gasteiger partial charge in [-0.05, 0) is 55.3 Å². The molecule has 0 atom stereocenters. The topological polar surface area (TPSA) is 59.4 Å². The summed E-state index contributed by atoms with van der Waals surface area (Å²) in [5, 5.41) is 11.4. The Hall–Kier alpha value is -2.66. The van der Waals surface area contributed by atoms with Gasteiger partial charge >= 0.3 is 5.97 Å². The summed E-state index contributed by atoms with van der Waals surface area (Å²) in [6.45, 7) is 4.10. The summed E-state index contributed by atoms with van der Waals surface area (Å²) in [5.74, 6) is 0.736. The maximum absolute atomic E-state index is 10.7. The first-order valence-corrected chi connectivity index (χ1v) is 8.41. The van der Waals surface area contributed by atoms with E-state index in [-0.39, 0.29) is 6.42 Å². The van der Waals surface area contributed by atoms with Crippen LogP contribution in [-0.4, -0.2) is 16.1 Å². The number of aliphatic carboxylic acids is 1. The molecule has 4 nitrogen and oxygen atoms in total. The molecule has 0 aliphatic rings. The number of ether oxygens (including phenoxy) is 1. The molecule has 0 aliphatic heterocycles. The first kappa shape index (κ1) is 16.2. The van der Waals surface area contributed by atoms with E-state index < -0.39 is 5.97 Å².